The molecule has 1 aliphatic rings. The second kappa shape index (κ2) is 5.55. The predicted octanol–water partition coefficient (Wildman–Crippen LogP) is 2.80. The lowest BCUT2D eigenvalue weighted by Gasteiger charge is -2.21. The average molecular weight is 330 g/mol. The lowest BCUT2D eigenvalue weighted by Crippen LogP contribution is -2.33. The normalized spacial score (nSPS) is 23.1. The van der Waals surface area contributed by atoms with Crippen LogP contribution in [0.4, 0.5) is 0 Å². The molecule has 0 spiro atoms. The molecule has 0 fully saturated rings. The van der Waals surface area contributed by atoms with Crippen LogP contribution in [0.1, 0.15) is 24.9 Å². The third-order valence-electron chi connectivity index (χ3n) is 3.03. The molecule has 1 aromatic rings. The quantitative estimate of drug-likeness (QED) is 0.923. The van der Waals surface area contributed by atoms with Gasteiger partial charge >= 0.3 is 0 Å². The monoisotopic (exact) mass is 329 g/mol. The Morgan fingerprint density at radius 1 is 1.39 bits per heavy atom. The number of nitrogens with one attached hydrogen (secondary N) is 1. The molecule has 0 radical (unpaired) electrons. The highest BCUT2D eigenvalue weighted by Crippen LogP contribution is 2.21. The average Bonchev–Trinajstić information content (AvgIpc) is 2.67. The number of hydrogen-bond donors (Lipinski definition) is 1. The Balaban J connectivity index is 2.07. The highest BCUT2D eigenvalue weighted by atomic mass is 79.9. The van der Waals surface area contributed by atoms with Crippen molar-refractivity contribution in [3.63, 3.8) is 0 Å². The van der Waals surface area contributed by atoms with E-state index in [0.29, 0.717) is 0 Å². The van der Waals surface area contributed by atoms with Crippen LogP contribution >= 0.6 is 15.9 Å². The zero-order chi connectivity index (χ0) is 13.2. The molecule has 1 heterocycles. The third kappa shape index (κ3) is 3.43. The van der Waals surface area contributed by atoms with E-state index in [9.17, 15) is 8.42 Å². The zero-order valence-electron chi connectivity index (χ0n) is 10.1. The smallest absolute Gasteiger partial charge is 0.173 e. The molecule has 1 aromatic carbocycles. The largest absolute Gasteiger partial charge is 0.303 e. The van der Waals surface area contributed by atoms with E-state index in [1.165, 1.54) is 11.0 Å². The minimum atomic E-state index is -2.99. The number of halogens is 1. The van der Waals surface area contributed by atoms with Crippen LogP contribution in [0.25, 0.3) is 0 Å². The molecule has 0 bridgehead atoms. The minimum Gasteiger partial charge on any atom is -0.303 e. The van der Waals surface area contributed by atoms with Crippen molar-refractivity contribution in [3.8, 4) is 0 Å². The van der Waals surface area contributed by atoms with E-state index in [1.807, 2.05) is 12.1 Å². The van der Waals surface area contributed by atoms with Crippen LogP contribution in [-0.4, -0.2) is 20.2 Å². The molecule has 2 atom stereocenters. The number of sulfone groups is 1. The molecular formula is C13H16BrNO2S. The summed E-state index contributed by atoms with van der Waals surface area (Å²) in [4.78, 5) is 0. The highest BCUT2D eigenvalue weighted by molar-refractivity contribution is 9.10. The Labute approximate surface area is 116 Å². The summed E-state index contributed by atoms with van der Waals surface area (Å²) in [7, 11) is -2.99. The maximum atomic E-state index is 11.4. The number of hydrogen-bond acceptors (Lipinski definition) is 3. The summed E-state index contributed by atoms with van der Waals surface area (Å²) in [5, 5.41) is 4.68. The van der Waals surface area contributed by atoms with Crippen LogP contribution in [-0.2, 0) is 9.84 Å². The Bertz CT molecular complexity index is 537. The molecule has 18 heavy (non-hydrogen) atoms. The van der Waals surface area contributed by atoms with Gasteiger partial charge in [-0.05, 0) is 24.1 Å². The Hall–Kier alpha value is -0.650. The maximum Gasteiger partial charge on any atom is 0.173 e. The molecule has 0 saturated heterocycles. The Kier molecular flexibility index (Phi) is 4.25. The molecule has 2 unspecified atom stereocenters. The number of rotatable bonds is 4. The van der Waals surface area contributed by atoms with Crippen molar-refractivity contribution < 1.29 is 8.42 Å². The van der Waals surface area contributed by atoms with Crippen LogP contribution in [0, 0.1) is 0 Å². The summed E-state index contributed by atoms with van der Waals surface area (Å²) in [6.45, 7) is 2.09. The first-order valence-electron chi connectivity index (χ1n) is 5.92. The van der Waals surface area contributed by atoms with E-state index in [-0.39, 0.29) is 17.8 Å². The van der Waals surface area contributed by atoms with Gasteiger partial charge in [0.05, 0.1) is 5.75 Å². The van der Waals surface area contributed by atoms with Gasteiger partial charge in [0.15, 0.2) is 9.84 Å². The van der Waals surface area contributed by atoms with E-state index in [4.69, 9.17) is 0 Å². The van der Waals surface area contributed by atoms with Gasteiger partial charge in [-0.3, -0.25) is 0 Å². The number of benzene rings is 1. The lowest BCUT2D eigenvalue weighted by molar-refractivity contribution is 0.491. The predicted molar refractivity (Wildman–Crippen MR) is 77.0 cm³/mol. The molecule has 0 amide bonds. The van der Waals surface area contributed by atoms with E-state index in [1.54, 1.807) is 6.08 Å². The zero-order valence-corrected chi connectivity index (χ0v) is 12.5. The van der Waals surface area contributed by atoms with E-state index < -0.39 is 9.84 Å². The van der Waals surface area contributed by atoms with Crippen molar-refractivity contribution in [3.05, 3.63) is 45.8 Å². The molecule has 5 heteroatoms. The Morgan fingerprint density at radius 3 is 2.56 bits per heavy atom. The first-order chi connectivity index (χ1) is 8.50. The molecule has 2 rings (SSSR count). The first kappa shape index (κ1) is 13.8. The van der Waals surface area contributed by atoms with Gasteiger partial charge in [-0.2, -0.15) is 0 Å². The van der Waals surface area contributed by atoms with Gasteiger partial charge in [0, 0.05) is 22.0 Å². The molecule has 98 valence electrons. The van der Waals surface area contributed by atoms with Crippen molar-refractivity contribution in [2.75, 3.05) is 5.75 Å². The second-order valence-electron chi connectivity index (χ2n) is 4.44. The topological polar surface area (TPSA) is 46.2 Å². The molecule has 1 N–H and O–H groups in total. The van der Waals surface area contributed by atoms with Crippen LogP contribution in [0.3, 0.4) is 0 Å². The fraction of sp³-hybridized carbons (Fsp3) is 0.385. The van der Waals surface area contributed by atoms with Gasteiger partial charge in [-0.1, -0.05) is 41.1 Å². The lowest BCUT2D eigenvalue weighted by atomic mass is 10.0. The van der Waals surface area contributed by atoms with Crippen molar-refractivity contribution in [2.24, 2.45) is 0 Å². The van der Waals surface area contributed by atoms with Gasteiger partial charge in [0.1, 0.15) is 0 Å². The van der Waals surface area contributed by atoms with Crippen LogP contribution in [0.15, 0.2) is 40.2 Å². The molecule has 1 aliphatic heterocycles. The Morgan fingerprint density at radius 2 is 2.06 bits per heavy atom. The SMILES string of the molecule is CCC(NC1C=CS(=O)(=O)C1)c1ccc(Br)cc1. The summed E-state index contributed by atoms with van der Waals surface area (Å²) in [5.74, 6) is 0.167. The summed E-state index contributed by atoms with van der Waals surface area (Å²) in [5.41, 5.74) is 1.18. The van der Waals surface area contributed by atoms with E-state index in [2.05, 4.69) is 40.3 Å². The summed E-state index contributed by atoms with van der Waals surface area (Å²) >= 11 is 3.41. The van der Waals surface area contributed by atoms with Crippen molar-refractivity contribution in [1.29, 1.82) is 0 Å². The second-order valence-corrected chi connectivity index (χ2v) is 7.29. The van der Waals surface area contributed by atoms with Crippen molar-refractivity contribution >= 4 is 25.8 Å². The van der Waals surface area contributed by atoms with Crippen molar-refractivity contribution in [1.82, 2.24) is 5.32 Å². The van der Waals surface area contributed by atoms with E-state index in [0.717, 1.165) is 10.9 Å². The van der Waals surface area contributed by atoms with Gasteiger partial charge in [-0.15, -0.1) is 0 Å². The minimum absolute atomic E-state index is 0.0800. The summed E-state index contributed by atoms with van der Waals surface area (Å²) < 4.78 is 23.8. The summed E-state index contributed by atoms with van der Waals surface area (Å²) in [6, 6.07) is 8.21. The maximum absolute atomic E-state index is 11.4. The van der Waals surface area contributed by atoms with Gasteiger partial charge in [-0.25, -0.2) is 8.42 Å². The highest BCUT2D eigenvalue weighted by Gasteiger charge is 2.23. The molecule has 3 nitrogen and oxygen atoms in total. The molecular weight excluding hydrogens is 314 g/mol. The third-order valence-corrected chi connectivity index (χ3v) is 4.95. The van der Waals surface area contributed by atoms with Gasteiger partial charge in [0.2, 0.25) is 0 Å². The fourth-order valence-electron chi connectivity index (χ4n) is 2.08. The van der Waals surface area contributed by atoms with Crippen LogP contribution in [0.2, 0.25) is 0 Å². The molecule has 0 saturated carbocycles. The summed E-state index contributed by atoms with van der Waals surface area (Å²) in [6.07, 6.45) is 2.66. The van der Waals surface area contributed by atoms with Gasteiger partial charge in [0.25, 0.3) is 0 Å². The van der Waals surface area contributed by atoms with E-state index >= 15 is 0 Å². The molecule has 0 aliphatic carbocycles. The standard InChI is InChI=1S/C13H16BrNO2S/c1-2-13(10-3-5-11(14)6-4-10)15-12-7-8-18(16,17)9-12/h3-8,12-13,15H,2,9H2,1H3. The van der Waals surface area contributed by atoms with Crippen LogP contribution < -0.4 is 5.32 Å². The van der Waals surface area contributed by atoms with Crippen molar-refractivity contribution in [2.45, 2.75) is 25.4 Å². The fourth-order valence-corrected chi connectivity index (χ4v) is 3.60. The van der Waals surface area contributed by atoms with Gasteiger partial charge < -0.3 is 5.32 Å². The first-order valence-corrected chi connectivity index (χ1v) is 8.43. The van der Waals surface area contributed by atoms with Crippen LogP contribution in [0.5, 0.6) is 0 Å². The molecule has 0 aromatic heterocycles.